The summed E-state index contributed by atoms with van der Waals surface area (Å²) < 4.78 is 0. The van der Waals surface area contributed by atoms with Crippen molar-refractivity contribution in [3.63, 3.8) is 0 Å². The Bertz CT molecular complexity index is 722. The number of carbonyl (C=O) groups is 1. The molecule has 126 valence electrons. The van der Waals surface area contributed by atoms with Crippen LogP contribution in [0.2, 0.25) is 0 Å². The molecule has 0 bridgehead atoms. The molecule has 1 saturated heterocycles. The van der Waals surface area contributed by atoms with Crippen LogP contribution in [0.25, 0.3) is 0 Å². The molecule has 2 aliphatic rings. The average molecular weight is 341 g/mol. The molecule has 1 aromatic carbocycles. The lowest BCUT2D eigenvalue weighted by Gasteiger charge is -2.29. The van der Waals surface area contributed by atoms with Crippen LogP contribution in [0.3, 0.4) is 0 Å². The van der Waals surface area contributed by atoms with Gasteiger partial charge in [0, 0.05) is 23.8 Å². The van der Waals surface area contributed by atoms with Crippen molar-refractivity contribution in [3.8, 4) is 0 Å². The number of thiophene rings is 1. The van der Waals surface area contributed by atoms with Crippen molar-refractivity contribution in [2.24, 2.45) is 5.41 Å². The SMILES string of the molecule is Nc1cccc(C(=O)N(Cc2ccsc2)C2CC23CCNCC3)c1. The first kappa shape index (κ1) is 15.7. The van der Waals surface area contributed by atoms with Crippen molar-refractivity contribution in [3.05, 3.63) is 52.2 Å². The summed E-state index contributed by atoms with van der Waals surface area (Å²) in [6.07, 6.45) is 3.47. The van der Waals surface area contributed by atoms with Gasteiger partial charge in [-0.1, -0.05) is 6.07 Å². The van der Waals surface area contributed by atoms with E-state index in [0.717, 1.165) is 19.5 Å². The van der Waals surface area contributed by atoms with E-state index in [4.69, 9.17) is 5.73 Å². The highest BCUT2D eigenvalue weighted by Gasteiger charge is 2.57. The predicted octanol–water partition coefficient (Wildman–Crippen LogP) is 3.11. The molecule has 1 unspecified atom stereocenters. The summed E-state index contributed by atoms with van der Waals surface area (Å²) in [6.45, 7) is 2.82. The molecule has 2 fully saturated rings. The molecule has 3 N–H and O–H groups in total. The quantitative estimate of drug-likeness (QED) is 0.840. The Morgan fingerprint density at radius 1 is 1.33 bits per heavy atom. The summed E-state index contributed by atoms with van der Waals surface area (Å²) in [4.78, 5) is 15.3. The van der Waals surface area contributed by atoms with Crippen LogP contribution in [0, 0.1) is 5.41 Å². The van der Waals surface area contributed by atoms with Gasteiger partial charge < -0.3 is 16.0 Å². The Labute approximate surface area is 146 Å². The maximum atomic E-state index is 13.2. The Hall–Kier alpha value is -1.85. The van der Waals surface area contributed by atoms with Crippen LogP contribution in [0.15, 0.2) is 41.1 Å². The molecule has 1 spiro atoms. The number of anilines is 1. The highest BCUT2D eigenvalue weighted by molar-refractivity contribution is 7.07. The number of hydrogen-bond acceptors (Lipinski definition) is 4. The molecule has 24 heavy (non-hydrogen) atoms. The summed E-state index contributed by atoms with van der Waals surface area (Å²) in [7, 11) is 0. The third kappa shape index (κ3) is 2.94. The van der Waals surface area contributed by atoms with Crippen LogP contribution in [0.4, 0.5) is 5.69 Å². The fourth-order valence-electron chi connectivity index (χ4n) is 3.97. The highest BCUT2D eigenvalue weighted by Crippen LogP contribution is 2.56. The standard InChI is InChI=1S/C19H23N3OS/c20-16-3-1-2-15(10-16)18(23)22(12-14-4-9-24-13-14)17-11-19(17)5-7-21-8-6-19/h1-4,9-10,13,17,21H,5-8,11-12,20H2. The topological polar surface area (TPSA) is 58.4 Å². The van der Waals surface area contributed by atoms with Gasteiger partial charge in [-0.05, 0) is 78.4 Å². The number of nitrogen functional groups attached to an aromatic ring is 1. The Morgan fingerprint density at radius 3 is 2.88 bits per heavy atom. The molecule has 1 aliphatic heterocycles. The van der Waals surface area contributed by atoms with E-state index < -0.39 is 0 Å². The van der Waals surface area contributed by atoms with Gasteiger partial charge in [-0.2, -0.15) is 11.3 Å². The summed E-state index contributed by atoms with van der Waals surface area (Å²) in [5.74, 6) is 0.105. The first-order valence-corrected chi connectivity index (χ1v) is 9.51. The lowest BCUT2D eigenvalue weighted by molar-refractivity contribution is 0.0692. The fraction of sp³-hybridized carbons (Fsp3) is 0.421. The number of amides is 1. The van der Waals surface area contributed by atoms with Crippen LogP contribution in [0.5, 0.6) is 0 Å². The summed E-state index contributed by atoms with van der Waals surface area (Å²) in [5.41, 5.74) is 8.77. The number of carbonyl (C=O) groups excluding carboxylic acids is 1. The lowest BCUT2D eigenvalue weighted by Crippen LogP contribution is -2.39. The minimum atomic E-state index is 0.105. The van der Waals surface area contributed by atoms with Crippen molar-refractivity contribution < 1.29 is 4.79 Å². The van der Waals surface area contributed by atoms with E-state index in [1.54, 1.807) is 17.4 Å². The molecule has 1 saturated carbocycles. The Balaban J connectivity index is 1.60. The number of benzene rings is 1. The number of hydrogen-bond donors (Lipinski definition) is 2. The summed E-state index contributed by atoms with van der Waals surface area (Å²) in [6, 6.07) is 9.82. The average Bonchev–Trinajstić information content (AvgIpc) is 3.04. The van der Waals surface area contributed by atoms with Gasteiger partial charge in [0.2, 0.25) is 0 Å². The zero-order valence-electron chi connectivity index (χ0n) is 13.7. The van der Waals surface area contributed by atoms with Crippen molar-refractivity contribution in [1.29, 1.82) is 0 Å². The molecule has 5 heteroatoms. The van der Waals surface area contributed by atoms with Gasteiger partial charge in [0.1, 0.15) is 0 Å². The Kier molecular flexibility index (Phi) is 4.06. The summed E-state index contributed by atoms with van der Waals surface area (Å²) >= 11 is 1.68. The number of nitrogens with two attached hydrogens (primary N) is 1. The minimum absolute atomic E-state index is 0.105. The van der Waals surface area contributed by atoms with E-state index in [9.17, 15) is 4.79 Å². The lowest BCUT2D eigenvalue weighted by atomic mass is 9.93. The van der Waals surface area contributed by atoms with Gasteiger partial charge in [-0.25, -0.2) is 0 Å². The second-order valence-corrected chi connectivity index (χ2v) is 7.80. The van der Waals surface area contributed by atoms with Crippen molar-refractivity contribution in [2.45, 2.75) is 31.8 Å². The van der Waals surface area contributed by atoms with Crippen LogP contribution < -0.4 is 11.1 Å². The van der Waals surface area contributed by atoms with E-state index in [0.29, 0.717) is 29.3 Å². The minimum Gasteiger partial charge on any atom is -0.399 e. The molecule has 1 aliphatic carbocycles. The third-order valence-corrected chi connectivity index (χ3v) is 6.18. The molecule has 1 atom stereocenters. The predicted molar refractivity (Wildman–Crippen MR) is 98.0 cm³/mol. The van der Waals surface area contributed by atoms with Crippen LogP contribution in [-0.2, 0) is 6.54 Å². The van der Waals surface area contributed by atoms with Gasteiger partial charge in [0.05, 0.1) is 0 Å². The number of nitrogens with one attached hydrogen (secondary N) is 1. The van der Waals surface area contributed by atoms with Gasteiger partial charge >= 0.3 is 0 Å². The monoisotopic (exact) mass is 341 g/mol. The number of nitrogens with zero attached hydrogens (tertiary/aromatic N) is 1. The van der Waals surface area contributed by atoms with E-state index in [-0.39, 0.29) is 5.91 Å². The molecule has 0 radical (unpaired) electrons. The van der Waals surface area contributed by atoms with Gasteiger partial charge in [-0.3, -0.25) is 4.79 Å². The fourth-order valence-corrected chi connectivity index (χ4v) is 4.63. The summed E-state index contributed by atoms with van der Waals surface area (Å²) in [5, 5.41) is 7.65. The smallest absolute Gasteiger partial charge is 0.254 e. The van der Waals surface area contributed by atoms with E-state index in [1.807, 2.05) is 18.2 Å². The molecule has 4 nitrogen and oxygen atoms in total. The molecule has 1 amide bonds. The molecule has 2 heterocycles. The zero-order chi connectivity index (χ0) is 16.6. The Morgan fingerprint density at radius 2 is 2.17 bits per heavy atom. The number of rotatable bonds is 4. The van der Waals surface area contributed by atoms with E-state index in [2.05, 4.69) is 27.0 Å². The first-order valence-electron chi connectivity index (χ1n) is 8.56. The van der Waals surface area contributed by atoms with Crippen LogP contribution in [-0.4, -0.2) is 29.9 Å². The van der Waals surface area contributed by atoms with Gasteiger partial charge in [0.15, 0.2) is 0 Å². The van der Waals surface area contributed by atoms with Crippen molar-refractivity contribution >= 4 is 22.9 Å². The molecule has 2 aromatic rings. The van der Waals surface area contributed by atoms with Gasteiger partial charge in [0.25, 0.3) is 5.91 Å². The maximum Gasteiger partial charge on any atom is 0.254 e. The van der Waals surface area contributed by atoms with Gasteiger partial charge in [-0.15, -0.1) is 0 Å². The third-order valence-electron chi connectivity index (χ3n) is 5.45. The van der Waals surface area contributed by atoms with E-state index >= 15 is 0 Å². The second kappa shape index (κ2) is 6.22. The molecular formula is C19H23N3OS. The molecular weight excluding hydrogens is 318 g/mol. The van der Waals surface area contributed by atoms with Crippen molar-refractivity contribution in [1.82, 2.24) is 10.2 Å². The van der Waals surface area contributed by atoms with Crippen LogP contribution in [0.1, 0.15) is 35.2 Å². The second-order valence-electron chi connectivity index (χ2n) is 7.02. The normalized spacial score (nSPS) is 21.6. The first-order chi connectivity index (χ1) is 11.7. The zero-order valence-corrected chi connectivity index (χ0v) is 14.5. The maximum absolute atomic E-state index is 13.2. The van der Waals surface area contributed by atoms with Crippen LogP contribution >= 0.6 is 11.3 Å². The number of piperidine rings is 1. The molecule has 4 rings (SSSR count). The highest BCUT2D eigenvalue weighted by atomic mass is 32.1. The van der Waals surface area contributed by atoms with Crippen molar-refractivity contribution in [2.75, 3.05) is 18.8 Å². The largest absolute Gasteiger partial charge is 0.399 e. The van der Waals surface area contributed by atoms with E-state index in [1.165, 1.54) is 18.4 Å². The molecule has 1 aromatic heterocycles.